The monoisotopic (exact) mass is 324 g/mol. The molecule has 120 valence electrons. The predicted molar refractivity (Wildman–Crippen MR) is 85.3 cm³/mol. The summed E-state index contributed by atoms with van der Waals surface area (Å²) in [5.41, 5.74) is 1.48. The molecule has 2 N–H and O–H groups in total. The molecule has 1 aliphatic carbocycles. The normalized spacial score (nSPS) is 20.5. The molecule has 0 aromatic heterocycles. The highest BCUT2D eigenvalue weighted by Gasteiger charge is 2.34. The molecule has 1 aliphatic rings. The molecule has 1 amide bonds. The lowest BCUT2D eigenvalue weighted by molar-refractivity contribution is -0.139. The van der Waals surface area contributed by atoms with Crippen molar-refractivity contribution in [2.45, 2.75) is 38.8 Å². The summed E-state index contributed by atoms with van der Waals surface area (Å²) in [5.74, 6) is -0.912. The number of aliphatic carboxylic acids is 1. The van der Waals surface area contributed by atoms with Crippen molar-refractivity contribution in [3.63, 3.8) is 0 Å². The molecule has 0 bridgehead atoms. The van der Waals surface area contributed by atoms with Gasteiger partial charge in [-0.05, 0) is 50.1 Å². The third-order valence-electron chi connectivity index (χ3n) is 4.14. The van der Waals surface area contributed by atoms with Gasteiger partial charge in [0.15, 0.2) is 0 Å². The first-order chi connectivity index (χ1) is 10.4. The van der Waals surface area contributed by atoms with Crippen LogP contribution in [0.1, 0.15) is 35.7 Å². The number of carboxylic acid groups (broad SMARTS) is 1. The fourth-order valence-electron chi connectivity index (χ4n) is 2.82. The van der Waals surface area contributed by atoms with Crippen molar-refractivity contribution in [3.05, 3.63) is 34.3 Å². The van der Waals surface area contributed by atoms with E-state index in [1.807, 2.05) is 18.7 Å². The van der Waals surface area contributed by atoms with E-state index in [4.69, 9.17) is 16.7 Å². The van der Waals surface area contributed by atoms with Crippen molar-refractivity contribution in [1.82, 2.24) is 10.2 Å². The third kappa shape index (κ3) is 3.99. The van der Waals surface area contributed by atoms with Crippen LogP contribution in [-0.4, -0.2) is 47.1 Å². The van der Waals surface area contributed by atoms with Crippen LogP contribution in [0.15, 0.2) is 18.2 Å². The van der Waals surface area contributed by atoms with Crippen LogP contribution in [0.25, 0.3) is 0 Å². The van der Waals surface area contributed by atoms with Gasteiger partial charge in [-0.3, -0.25) is 14.5 Å². The first-order valence-corrected chi connectivity index (χ1v) is 7.81. The molecule has 1 fully saturated rings. The van der Waals surface area contributed by atoms with Gasteiger partial charge in [0.05, 0.1) is 6.54 Å². The summed E-state index contributed by atoms with van der Waals surface area (Å²) in [4.78, 5) is 25.0. The Labute approximate surface area is 135 Å². The number of hydrogen-bond acceptors (Lipinski definition) is 3. The minimum atomic E-state index is -0.814. The highest BCUT2D eigenvalue weighted by Crippen LogP contribution is 2.26. The smallest absolute Gasteiger partial charge is 0.317 e. The lowest BCUT2D eigenvalue weighted by Gasteiger charge is -2.42. The molecule has 1 aromatic carbocycles. The number of benzene rings is 1. The van der Waals surface area contributed by atoms with Crippen LogP contribution in [0.3, 0.4) is 0 Å². The summed E-state index contributed by atoms with van der Waals surface area (Å²) >= 11 is 5.89. The van der Waals surface area contributed by atoms with E-state index in [1.54, 1.807) is 18.2 Å². The second-order valence-corrected chi connectivity index (χ2v) is 6.15. The number of halogens is 1. The van der Waals surface area contributed by atoms with Gasteiger partial charge in [-0.15, -0.1) is 0 Å². The zero-order valence-corrected chi connectivity index (χ0v) is 13.6. The van der Waals surface area contributed by atoms with Crippen molar-refractivity contribution in [1.29, 1.82) is 0 Å². The lowest BCUT2D eigenvalue weighted by Crippen LogP contribution is -2.54. The topological polar surface area (TPSA) is 69.6 Å². The molecular weight excluding hydrogens is 304 g/mol. The number of aryl methyl sites for hydroxylation is 1. The second-order valence-electron chi connectivity index (χ2n) is 5.71. The molecule has 0 saturated heterocycles. The van der Waals surface area contributed by atoms with Crippen molar-refractivity contribution in [3.8, 4) is 0 Å². The van der Waals surface area contributed by atoms with Gasteiger partial charge in [0.1, 0.15) is 0 Å². The van der Waals surface area contributed by atoms with Gasteiger partial charge in [0.2, 0.25) is 0 Å². The molecule has 0 atom stereocenters. The van der Waals surface area contributed by atoms with E-state index in [0.29, 0.717) is 17.1 Å². The van der Waals surface area contributed by atoms with E-state index in [2.05, 4.69) is 5.32 Å². The number of carboxylic acids is 1. The Bertz CT molecular complexity index is 571. The van der Waals surface area contributed by atoms with Gasteiger partial charge in [-0.25, -0.2) is 0 Å². The molecule has 0 heterocycles. The van der Waals surface area contributed by atoms with Crippen LogP contribution in [-0.2, 0) is 4.79 Å². The first kappa shape index (κ1) is 16.8. The van der Waals surface area contributed by atoms with Crippen molar-refractivity contribution >= 4 is 23.5 Å². The number of rotatable bonds is 6. The molecular formula is C16H21ClN2O3. The Hall–Kier alpha value is -1.59. The Kier molecular flexibility index (Phi) is 5.42. The molecule has 0 aliphatic heterocycles. The number of nitrogens with zero attached hydrogens (tertiary/aromatic N) is 1. The number of hydrogen-bond donors (Lipinski definition) is 2. The number of carbonyl (C=O) groups is 2. The van der Waals surface area contributed by atoms with Crippen molar-refractivity contribution in [2.24, 2.45) is 0 Å². The zero-order valence-electron chi connectivity index (χ0n) is 12.8. The van der Waals surface area contributed by atoms with Gasteiger partial charge < -0.3 is 10.4 Å². The SMILES string of the molecule is CCN(CC(=O)O)C1CC(NC(=O)c2ccc(Cl)cc2C)C1. The van der Waals surface area contributed by atoms with Gasteiger partial charge >= 0.3 is 5.97 Å². The number of likely N-dealkylation sites (N-methyl/N-ethyl adjacent to an activating group) is 1. The van der Waals surface area contributed by atoms with Crippen LogP contribution < -0.4 is 5.32 Å². The maximum absolute atomic E-state index is 12.2. The molecule has 2 rings (SSSR count). The zero-order chi connectivity index (χ0) is 16.3. The molecule has 0 unspecified atom stereocenters. The number of nitrogens with one attached hydrogen (secondary N) is 1. The van der Waals surface area contributed by atoms with Crippen molar-refractivity contribution in [2.75, 3.05) is 13.1 Å². The number of amides is 1. The van der Waals surface area contributed by atoms with E-state index >= 15 is 0 Å². The second kappa shape index (κ2) is 7.11. The van der Waals surface area contributed by atoms with E-state index in [1.165, 1.54) is 0 Å². The van der Waals surface area contributed by atoms with Crippen LogP contribution in [0, 0.1) is 6.92 Å². The highest BCUT2D eigenvalue weighted by molar-refractivity contribution is 6.30. The van der Waals surface area contributed by atoms with Gasteiger partial charge in [-0.2, -0.15) is 0 Å². The first-order valence-electron chi connectivity index (χ1n) is 7.43. The fourth-order valence-corrected chi connectivity index (χ4v) is 3.05. The Balaban J connectivity index is 1.86. The van der Waals surface area contributed by atoms with E-state index in [9.17, 15) is 9.59 Å². The standard InChI is InChI=1S/C16H21ClN2O3/c1-3-19(9-15(20)21)13-7-12(8-13)18-16(22)14-5-4-11(17)6-10(14)2/h4-6,12-13H,3,7-9H2,1-2H3,(H,18,22)(H,20,21). The van der Waals surface area contributed by atoms with Crippen LogP contribution in [0.2, 0.25) is 5.02 Å². The van der Waals surface area contributed by atoms with E-state index in [-0.39, 0.29) is 24.5 Å². The summed E-state index contributed by atoms with van der Waals surface area (Å²) in [5, 5.41) is 12.5. The quantitative estimate of drug-likeness (QED) is 0.842. The summed E-state index contributed by atoms with van der Waals surface area (Å²) in [6.07, 6.45) is 1.58. The maximum atomic E-state index is 12.2. The van der Waals surface area contributed by atoms with E-state index in [0.717, 1.165) is 18.4 Å². The Morgan fingerprint density at radius 2 is 2.09 bits per heavy atom. The average molecular weight is 325 g/mol. The minimum Gasteiger partial charge on any atom is -0.480 e. The fraction of sp³-hybridized carbons (Fsp3) is 0.500. The summed E-state index contributed by atoms with van der Waals surface area (Å²) in [6, 6.07) is 5.55. The molecule has 0 spiro atoms. The number of carbonyl (C=O) groups excluding carboxylic acids is 1. The minimum absolute atomic E-state index is 0.0537. The van der Waals surface area contributed by atoms with Crippen LogP contribution in [0.5, 0.6) is 0 Å². The average Bonchev–Trinajstić information content (AvgIpc) is 2.39. The summed E-state index contributed by atoms with van der Waals surface area (Å²) < 4.78 is 0. The molecule has 1 aromatic rings. The van der Waals surface area contributed by atoms with E-state index < -0.39 is 5.97 Å². The van der Waals surface area contributed by atoms with Crippen molar-refractivity contribution < 1.29 is 14.7 Å². The van der Waals surface area contributed by atoms with Gasteiger partial charge in [0.25, 0.3) is 5.91 Å². The summed E-state index contributed by atoms with van der Waals surface area (Å²) in [6.45, 7) is 4.56. The maximum Gasteiger partial charge on any atom is 0.317 e. The Morgan fingerprint density at radius 3 is 2.64 bits per heavy atom. The molecule has 22 heavy (non-hydrogen) atoms. The largest absolute Gasteiger partial charge is 0.480 e. The lowest BCUT2D eigenvalue weighted by atomic mass is 9.85. The van der Waals surface area contributed by atoms with Gasteiger partial charge in [0, 0.05) is 22.7 Å². The molecule has 5 nitrogen and oxygen atoms in total. The molecule has 0 radical (unpaired) electrons. The third-order valence-corrected chi connectivity index (χ3v) is 4.38. The highest BCUT2D eigenvalue weighted by atomic mass is 35.5. The predicted octanol–water partition coefficient (Wildman–Crippen LogP) is 2.32. The summed E-state index contributed by atoms with van der Waals surface area (Å²) in [7, 11) is 0. The molecule has 6 heteroatoms. The molecule has 1 saturated carbocycles. The Morgan fingerprint density at radius 1 is 1.41 bits per heavy atom. The van der Waals surface area contributed by atoms with Crippen LogP contribution in [0.4, 0.5) is 0 Å². The van der Waals surface area contributed by atoms with Gasteiger partial charge in [-0.1, -0.05) is 18.5 Å². The van der Waals surface area contributed by atoms with Crippen LogP contribution >= 0.6 is 11.6 Å².